The monoisotopic (exact) mass is 214 g/mol. The standard InChI is InChI=1S/C10H18N2OS/c1-9(8-11)12(2)14(13)10-6-4-3-5-7-10/h9-10H,3-7H2,1-2H3. The highest BCUT2D eigenvalue weighted by Gasteiger charge is 2.25. The fraction of sp³-hybridized carbons (Fsp3) is 0.900. The fourth-order valence-electron chi connectivity index (χ4n) is 1.74. The van der Waals surface area contributed by atoms with Gasteiger partial charge in [0.15, 0.2) is 0 Å². The van der Waals surface area contributed by atoms with Gasteiger partial charge >= 0.3 is 0 Å². The molecule has 4 heteroatoms. The summed E-state index contributed by atoms with van der Waals surface area (Å²) in [5.74, 6) is 0. The average molecular weight is 214 g/mol. The summed E-state index contributed by atoms with van der Waals surface area (Å²) in [6.45, 7) is 1.79. The molecule has 0 saturated heterocycles. The molecule has 0 aromatic rings. The molecule has 0 heterocycles. The first-order valence-corrected chi connectivity index (χ1v) is 6.37. The van der Waals surface area contributed by atoms with Crippen LogP contribution >= 0.6 is 0 Å². The molecule has 2 atom stereocenters. The van der Waals surface area contributed by atoms with Gasteiger partial charge in [0.1, 0.15) is 6.04 Å². The van der Waals surface area contributed by atoms with E-state index in [9.17, 15) is 4.21 Å². The van der Waals surface area contributed by atoms with Gasteiger partial charge in [0.25, 0.3) is 0 Å². The molecular formula is C10H18N2OS. The third kappa shape index (κ3) is 2.79. The van der Waals surface area contributed by atoms with Crippen molar-refractivity contribution in [2.24, 2.45) is 0 Å². The van der Waals surface area contributed by atoms with Gasteiger partial charge in [-0.25, -0.2) is 8.51 Å². The van der Waals surface area contributed by atoms with Gasteiger partial charge in [-0.15, -0.1) is 0 Å². The first kappa shape index (κ1) is 11.7. The van der Waals surface area contributed by atoms with Crippen LogP contribution in [0.5, 0.6) is 0 Å². The molecule has 0 spiro atoms. The van der Waals surface area contributed by atoms with E-state index in [0.717, 1.165) is 12.8 Å². The molecular weight excluding hydrogens is 196 g/mol. The van der Waals surface area contributed by atoms with Crippen LogP contribution in [0.3, 0.4) is 0 Å². The van der Waals surface area contributed by atoms with Crippen LogP contribution in [0, 0.1) is 11.3 Å². The predicted octanol–water partition coefficient (Wildman–Crippen LogP) is 1.83. The van der Waals surface area contributed by atoms with E-state index >= 15 is 0 Å². The lowest BCUT2D eigenvalue weighted by atomic mass is 10.0. The lowest BCUT2D eigenvalue weighted by Gasteiger charge is -2.27. The lowest BCUT2D eigenvalue weighted by molar-refractivity contribution is 0.447. The molecule has 1 rings (SSSR count). The van der Waals surface area contributed by atoms with Crippen molar-refractivity contribution in [1.82, 2.24) is 4.31 Å². The SMILES string of the molecule is CC(C#N)N(C)S(=O)C1CCCCC1. The van der Waals surface area contributed by atoms with Crippen LogP contribution in [-0.4, -0.2) is 26.9 Å². The van der Waals surface area contributed by atoms with Gasteiger partial charge in [-0.1, -0.05) is 19.3 Å². The number of hydrogen-bond donors (Lipinski definition) is 0. The summed E-state index contributed by atoms with van der Waals surface area (Å²) in [4.78, 5) is 0. The van der Waals surface area contributed by atoms with Crippen molar-refractivity contribution in [3.8, 4) is 6.07 Å². The molecule has 1 aliphatic rings. The molecule has 0 aromatic carbocycles. The minimum Gasteiger partial charge on any atom is -0.242 e. The zero-order chi connectivity index (χ0) is 10.6. The highest BCUT2D eigenvalue weighted by atomic mass is 32.2. The number of rotatable bonds is 3. The van der Waals surface area contributed by atoms with E-state index in [-0.39, 0.29) is 11.3 Å². The van der Waals surface area contributed by atoms with Crippen molar-refractivity contribution in [3.63, 3.8) is 0 Å². The van der Waals surface area contributed by atoms with Gasteiger partial charge < -0.3 is 0 Å². The summed E-state index contributed by atoms with van der Waals surface area (Å²) >= 11 is 0. The second-order valence-electron chi connectivity index (χ2n) is 3.89. The van der Waals surface area contributed by atoms with Crippen molar-refractivity contribution in [2.75, 3.05) is 7.05 Å². The largest absolute Gasteiger partial charge is 0.242 e. The van der Waals surface area contributed by atoms with Crippen LogP contribution in [0.25, 0.3) is 0 Å². The Balaban J connectivity index is 2.51. The van der Waals surface area contributed by atoms with E-state index in [1.807, 2.05) is 0 Å². The quantitative estimate of drug-likeness (QED) is 0.719. The summed E-state index contributed by atoms with van der Waals surface area (Å²) in [6.07, 6.45) is 5.74. The molecule has 2 unspecified atom stereocenters. The maximum Gasteiger partial charge on any atom is 0.106 e. The smallest absolute Gasteiger partial charge is 0.106 e. The van der Waals surface area contributed by atoms with Gasteiger partial charge in [-0.3, -0.25) is 0 Å². The summed E-state index contributed by atoms with van der Waals surface area (Å²) in [7, 11) is 0.806. The van der Waals surface area contributed by atoms with Crippen LogP contribution in [-0.2, 0) is 11.0 Å². The zero-order valence-corrected chi connectivity index (χ0v) is 9.72. The van der Waals surface area contributed by atoms with Gasteiger partial charge in [-0.2, -0.15) is 5.26 Å². The molecule has 0 bridgehead atoms. The Labute approximate surface area is 88.7 Å². The Morgan fingerprint density at radius 1 is 1.43 bits per heavy atom. The van der Waals surface area contributed by atoms with Crippen molar-refractivity contribution >= 4 is 11.0 Å². The Morgan fingerprint density at radius 3 is 2.50 bits per heavy atom. The molecule has 0 radical (unpaired) electrons. The third-order valence-electron chi connectivity index (χ3n) is 2.85. The molecule has 1 saturated carbocycles. The molecule has 1 fully saturated rings. The maximum atomic E-state index is 12.0. The van der Waals surface area contributed by atoms with Crippen LogP contribution in [0.2, 0.25) is 0 Å². The molecule has 0 aromatic heterocycles. The average Bonchev–Trinajstić information content (AvgIpc) is 2.27. The van der Waals surface area contributed by atoms with Gasteiger partial charge in [0, 0.05) is 12.3 Å². The van der Waals surface area contributed by atoms with Crippen molar-refractivity contribution < 1.29 is 4.21 Å². The Hall–Kier alpha value is -0.400. The Bertz CT molecular complexity index is 243. The third-order valence-corrected chi connectivity index (χ3v) is 4.78. The minimum atomic E-state index is -0.970. The van der Waals surface area contributed by atoms with E-state index in [1.54, 1.807) is 18.3 Å². The zero-order valence-electron chi connectivity index (χ0n) is 8.90. The predicted molar refractivity (Wildman–Crippen MR) is 57.9 cm³/mol. The maximum absolute atomic E-state index is 12.0. The number of nitriles is 1. The molecule has 80 valence electrons. The topological polar surface area (TPSA) is 44.1 Å². The molecule has 0 aliphatic heterocycles. The molecule has 3 nitrogen and oxygen atoms in total. The molecule has 0 N–H and O–H groups in total. The minimum absolute atomic E-state index is 0.252. The van der Waals surface area contributed by atoms with Gasteiger partial charge in [0.05, 0.1) is 17.1 Å². The summed E-state index contributed by atoms with van der Waals surface area (Å²) in [5, 5.41) is 9.01. The van der Waals surface area contributed by atoms with Crippen LogP contribution in [0.1, 0.15) is 39.0 Å². The highest BCUT2D eigenvalue weighted by Crippen LogP contribution is 2.23. The van der Waals surface area contributed by atoms with E-state index in [4.69, 9.17) is 5.26 Å². The summed E-state index contributed by atoms with van der Waals surface area (Å²) in [5.41, 5.74) is 0. The molecule has 1 aliphatic carbocycles. The number of hydrogen-bond acceptors (Lipinski definition) is 2. The Morgan fingerprint density at radius 2 is 2.00 bits per heavy atom. The van der Waals surface area contributed by atoms with Crippen molar-refractivity contribution in [1.29, 1.82) is 5.26 Å². The van der Waals surface area contributed by atoms with E-state index in [0.29, 0.717) is 0 Å². The molecule has 0 amide bonds. The first-order valence-electron chi connectivity index (χ1n) is 5.20. The summed E-state index contributed by atoms with van der Waals surface area (Å²) in [6, 6.07) is 1.87. The molecule has 14 heavy (non-hydrogen) atoms. The summed E-state index contributed by atoms with van der Waals surface area (Å²) < 4.78 is 13.7. The van der Waals surface area contributed by atoms with Crippen molar-refractivity contribution in [3.05, 3.63) is 0 Å². The fourth-order valence-corrected chi connectivity index (χ4v) is 3.30. The van der Waals surface area contributed by atoms with E-state index in [1.165, 1.54) is 19.3 Å². The van der Waals surface area contributed by atoms with Crippen LogP contribution in [0.15, 0.2) is 0 Å². The van der Waals surface area contributed by atoms with E-state index < -0.39 is 11.0 Å². The van der Waals surface area contributed by atoms with Gasteiger partial charge in [-0.05, 0) is 19.8 Å². The lowest BCUT2D eigenvalue weighted by Crippen LogP contribution is -2.36. The Kier molecular flexibility index (Phi) is 4.56. The highest BCUT2D eigenvalue weighted by molar-refractivity contribution is 7.83. The van der Waals surface area contributed by atoms with E-state index in [2.05, 4.69) is 6.07 Å². The second-order valence-corrected chi connectivity index (χ2v) is 5.68. The van der Waals surface area contributed by atoms with Gasteiger partial charge in [0.2, 0.25) is 0 Å². The first-order chi connectivity index (χ1) is 6.66. The van der Waals surface area contributed by atoms with Crippen LogP contribution in [0.4, 0.5) is 0 Å². The normalized spacial score (nSPS) is 23.0. The second kappa shape index (κ2) is 5.47. The number of nitrogens with zero attached hydrogens (tertiary/aromatic N) is 2. The van der Waals surface area contributed by atoms with Crippen LogP contribution < -0.4 is 0 Å². The van der Waals surface area contributed by atoms with Crippen molar-refractivity contribution in [2.45, 2.75) is 50.3 Å².